The van der Waals surface area contributed by atoms with Gasteiger partial charge in [-0.05, 0) is 37.6 Å². The summed E-state index contributed by atoms with van der Waals surface area (Å²) < 4.78 is 0. The van der Waals surface area contributed by atoms with Gasteiger partial charge in [0.15, 0.2) is 0 Å². The van der Waals surface area contributed by atoms with Crippen molar-refractivity contribution < 1.29 is 9.90 Å². The third-order valence-corrected chi connectivity index (χ3v) is 3.53. The first-order chi connectivity index (χ1) is 12.3. The van der Waals surface area contributed by atoms with Gasteiger partial charge in [-0.15, -0.1) is 0 Å². The number of anilines is 1. The molecule has 0 saturated carbocycles. The van der Waals surface area contributed by atoms with E-state index < -0.39 is 5.97 Å². The van der Waals surface area contributed by atoms with Crippen LogP contribution in [0.1, 0.15) is 19.4 Å². The van der Waals surface area contributed by atoms with Crippen LogP contribution in [0.4, 0.5) is 5.69 Å². The molecule has 1 aromatic rings. The fraction of sp³-hybridized carbons (Fsp3) is 0.182. The Hall–Kier alpha value is -3.32. The van der Waals surface area contributed by atoms with Gasteiger partial charge in [0.05, 0.1) is 0 Å². The summed E-state index contributed by atoms with van der Waals surface area (Å²) in [5.74, 6) is -1.22. The molecule has 0 spiro atoms. The number of carboxylic acid groups (broad SMARTS) is 1. The lowest BCUT2D eigenvalue weighted by Gasteiger charge is -2.11. The summed E-state index contributed by atoms with van der Waals surface area (Å²) in [7, 11) is 4.02. The molecule has 0 unspecified atom stereocenters. The molecule has 0 bridgehead atoms. The average Bonchev–Trinajstić information content (AvgIpc) is 2.60. The molecule has 0 radical (unpaired) electrons. The fourth-order valence-corrected chi connectivity index (χ4v) is 1.94. The second kappa shape index (κ2) is 10.5. The Labute approximate surface area is 155 Å². The van der Waals surface area contributed by atoms with Crippen LogP contribution in [-0.2, 0) is 4.79 Å². The molecule has 0 aromatic heterocycles. The molecule has 0 aliphatic heterocycles. The molecule has 0 amide bonds. The van der Waals surface area contributed by atoms with Crippen LogP contribution in [0, 0.1) is 11.3 Å². The third kappa shape index (κ3) is 7.50. The number of nitriles is 1. The summed E-state index contributed by atoms with van der Waals surface area (Å²) in [6.07, 6.45) is 12.7. The molecular formula is C22H24N2O2. The van der Waals surface area contributed by atoms with E-state index in [2.05, 4.69) is 29.2 Å². The molecule has 0 aliphatic rings. The van der Waals surface area contributed by atoms with Crippen LogP contribution in [0.2, 0.25) is 0 Å². The molecule has 4 heteroatoms. The highest BCUT2D eigenvalue weighted by Crippen LogP contribution is 2.13. The van der Waals surface area contributed by atoms with E-state index in [1.165, 1.54) is 6.08 Å². The molecule has 0 aliphatic carbocycles. The predicted molar refractivity (Wildman–Crippen MR) is 108 cm³/mol. The van der Waals surface area contributed by atoms with Gasteiger partial charge in [0, 0.05) is 19.8 Å². The van der Waals surface area contributed by atoms with Crippen LogP contribution in [0.25, 0.3) is 6.08 Å². The molecular weight excluding hydrogens is 324 g/mol. The van der Waals surface area contributed by atoms with Crippen molar-refractivity contribution in [3.63, 3.8) is 0 Å². The summed E-state index contributed by atoms with van der Waals surface area (Å²) in [6, 6.07) is 9.93. The van der Waals surface area contributed by atoms with Crippen LogP contribution in [0.3, 0.4) is 0 Å². The molecule has 0 atom stereocenters. The van der Waals surface area contributed by atoms with E-state index in [0.717, 1.165) is 22.4 Å². The zero-order valence-corrected chi connectivity index (χ0v) is 15.6. The van der Waals surface area contributed by atoms with Crippen molar-refractivity contribution in [2.75, 3.05) is 19.0 Å². The van der Waals surface area contributed by atoms with Crippen LogP contribution < -0.4 is 4.90 Å². The van der Waals surface area contributed by atoms with Gasteiger partial charge in [-0.1, -0.05) is 59.7 Å². The highest BCUT2D eigenvalue weighted by Gasteiger charge is 2.02. The van der Waals surface area contributed by atoms with Gasteiger partial charge in [0.25, 0.3) is 0 Å². The number of hydrogen-bond acceptors (Lipinski definition) is 3. The third-order valence-electron chi connectivity index (χ3n) is 3.53. The Balaban J connectivity index is 2.71. The largest absolute Gasteiger partial charge is 0.477 e. The lowest BCUT2D eigenvalue weighted by Crippen LogP contribution is -2.07. The lowest BCUT2D eigenvalue weighted by atomic mass is 10.1. The van der Waals surface area contributed by atoms with Crippen molar-refractivity contribution in [3.05, 3.63) is 83.0 Å². The van der Waals surface area contributed by atoms with E-state index in [4.69, 9.17) is 10.4 Å². The Kier molecular flexibility index (Phi) is 8.39. The molecule has 1 rings (SSSR count). The predicted octanol–water partition coefficient (Wildman–Crippen LogP) is 4.75. The van der Waals surface area contributed by atoms with Crippen molar-refractivity contribution in [2.45, 2.75) is 13.8 Å². The summed E-state index contributed by atoms with van der Waals surface area (Å²) in [5.41, 5.74) is 3.92. The van der Waals surface area contributed by atoms with Crippen LogP contribution >= 0.6 is 0 Å². The zero-order valence-electron chi connectivity index (χ0n) is 15.6. The minimum absolute atomic E-state index is 0.284. The van der Waals surface area contributed by atoms with Crippen molar-refractivity contribution >= 4 is 17.7 Å². The van der Waals surface area contributed by atoms with Gasteiger partial charge < -0.3 is 10.0 Å². The van der Waals surface area contributed by atoms with E-state index in [-0.39, 0.29) is 5.57 Å². The molecule has 0 fully saturated rings. The summed E-state index contributed by atoms with van der Waals surface area (Å²) in [6.45, 7) is 3.83. The summed E-state index contributed by atoms with van der Waals surface area (Å²) in [4.78, 5) is 12.8. The minimum atomic E-state index is -1.22. The Morgan fingerprint density at radius 2 is 1.62 bits per heavy atom. The topological polar surface area (TPSA) is 64.3 Å². The second-order valence-electron chi connectivity index (χ2n) is 6.00. The Morgan fingerprint density at radius 3 is 2.12 bits per heavy atom. The van der Waals surface area contributed by atoms with Crippen molar-refractivity contribution in [1.29, 1.82) is 5.26 Å². The number of benzene rings is 1. The summed E-state index contributed by atoms with van der Waals surface area (Å²) in [5, 5.41) is 17.5. The van der Waals surface area contributed by atoms with Crippen molar-refractivity contribution in [3.8, 4) is 6.07 Å². The molecule has 0 heterocycles. The number of allylic oxidation sites excluding steroid dienone is 8. The maximum Gasteiger partial charge on any atom is 0.346 e. The maximum atomic E-state index is 10.7. The molecule has 1 N–H and O–H groups in total. The van der Waals surface area contributed by atoms with E-state index in [1.54, 1.807) is 12.1 Å². The average molecular weight is 348 g/mol. The first-order valence-corrected chi connectivity index (χ1v) is 8.16. The van der Waals surface area contributed by atoms with Crippen LogP contribution in [0.15, 0.2) is 77.4 Å². The number of rotatable bonds is 7. The standard InChI is InChI=1S/C22H24N2O2/c1-17(8-9-18(2)10-13-20(16-23)22(25)26)6-5-7-19-11-14-21(15-12-19)24(3)4/h5-15H,1-4H3,(H,25,26). The second-order valence-corrected chi connectivity index (χ2v) is 6.00. The molecule has 4 nitrogen and oxygen atoms in total. The minimum Gasteiger partial charge on any atom is -0.477 e. The molecule has 0 saturated heterocycles. The first kappa shape index (κ1) is 20.7. The quantitative estimate of drug-likeness (QED) is 0.439. The van der Waals surface area contributed by atoms with Gasteiger partial charge in [0.2, 0.25) is 0 Å². The highest BCUT2D eigenvalue weighted by molar-refractivity contribution is 5.91. The maximum absolute atomic E-state index is 10.7. The first-order valence-electron chi connectivity index (χ1n) is 8.16. The van der Waals surface area contributed by atoms with Gasteiger partial charge in [0.1, 0.15) is 11.6 Å². The van der Waals surface area contributed by atoms with Crippen LogP contribution in [0.5, 0.6) is 0 Å². The molecule has 1 aromatic carbocycles. The number of carboxylic acids is 1. The SMILES string of the molecule is CC(C=CC(C)=CC=C(C#N)C(=O)O)=CC=Cc1ccc(N(C)C)cc1. The normalized spacial score (nSPS) is 13.3. The van der Waals surface area contributed by atoms with Gasteiger partial charge >= 0.3 is 5.97 Å². The van der Waals surface area contributed by atoms with E-state index in [0.29, 0.717) is 0 Å². The van der Waals surface area contributed by atoms with Gasteiger partial charge in [-0.2, -0.15) is 5.26 Å². The zero-order chi connectivity index (χ0) is 19.5. The smallest absolute Gasteiger partial charge is 0.346 e. The summed E-state index contributed by atoms with van der Waals surface area (Å²) >= 11 is 0. The Morgan fingerprint density at radius 1 is 1.04 bits per heavy atom. The van der Waals surface area contributed by atoms with E-state index in [9.17, 15) is 4.79 Å². The van der Waals surface area contributed by atoms with E-state index >= 15 is 0 Å². The van der Waals surface area contributed by atoms with Crippen molar-refractivity contribution in [2.24, 2.45) is 0 Å². The number of aliphatic carboxylic acids is 1. The number of hydrogen-bond donors (Lipinski definition) is 1. The lowest BCUT2D eigenvalue weighted by molar-refractivity contribution is -0.132. The van der Waals surface area contributed by atoms with Crippen molar-refractivity contribution in [1.82, 2.24) is 0 Å². The van der Waals surface area contributed by atoms with Gasteiger partial charge in [-0.25, -0.2) is 4.79 Å². The van der Waals surface area contributed by atoms with E-state index in [1.807, 2.05) is 58.3 Å². The molecule has 26 heavy (non-hydrogen) atoms. The monoisotopic (exact) mass is 348 g/mol. The number of carbonyl (C=O) groups is 1. The number of nitrogens with zero attached hydrogens (tertiary/aromatic N) is 2. The Bertz CT molecular complexity index is 815. The molecule has 134 valence electrons. The van der Waals surface area contributed by atoms with Gasteiger partial charge in [-0.3, -0.25) is 0 Å². The highest BCUT2D eigenvalue weighted by atomic mass is 16.4. The van der Waals surface area contributed by atoms with Crippen LogP contribution in [-0.4, -0.2) is 25.2 Å². The fourth-order valence-electron chi connectivity index (χ4n) is 1.94.